The van der Waals surface area contributed by atoms with Crippen LogP contribution in [0, 0.1) is 5.92 Å². The standard InChI is InChI=1S/C20H34N4O2S/c1-5-6-7-8-9-10-11-12-13-24-16-17(21-20(24)27-14-15(2)3)23(4)19(26)22-18(16)25/h15H,5-14H2,1-4H3,(H,22,25,26). The molecule has 2 aromatic heterocycles. The van der Waals surface area contributed by atoms with Gasteiger partial charge in [-0.05, 0) is 12.3 Å². The lowest BCUT2D eigenvalue weighted by molar-refractivity contribution is 0.533. The molecule has 0 amide bonds. The molecule has 1 N–H and O–H groups in total. The first-order valence-corrected chi connectivity index (χ1v) is 11.3. The number of fused-ring (bicyclic) bond motifs is 1. The molecule has 7 heteroatoms. The van der Waals surface area contributed by atoms with Gasteiger partial charge in [0.25, 0.3) is 5.56 Å². The van der Waals surface area contributed by atoms with E-state index in [0.717, 1.165) is 30.3 Å². The fourth-order valence-corrected chi connectivity index (χ4v) is 4.15. The van der Waals surface area contributed by atoms with Crippen LogP contribution in [0.25, 0.3) is 11.2 Å². The molecule has 0 fully saturated rings. The third-order valence-corrected chi connectivity index (χ3v) is 6.16. The lowest BCUT2D eigenvalue weighted by atomic mass is 10.1. The van der Waals surface area contributed by atoms with Crippen LogP contribution < -0.4 is 11.2 Å². The second kappa shape index (κ2) is 10.7. The summed E-state index contributed by atoms with van der Waals surface area (Å²) < 4.78 is 3.44. The number of aromatic amines is 1. The summed E-state index contributed by atoms with van der Waals surface area (Å²) >= 11 is 1.67. The highest BCUT2D eigenvalue weighted by Gasteiger charge is 2.17. The largest absolute Gasteiger partial charge is 0.329 e. The molecule has 6 nitrogen and oxygen atoms in total. The molecule has 0 aromatic carbocycles. The topological polar surface area (TPSA) is 72.7 Å². The fraction of sp³-hybridized carbons (Fsp3) is 0.750. The van der Waals surface area contributed by atoms with Crippen molar-refractivity contribution in [3.63, 3.8) is 0 Å². The van der Waals surface area contributed by atoms with Gasteiger partial charge in [0.15, 0.2) is 16.3 Å². The van der Waals surface area contributed by atoms with Crippen molar-refractivity contribution in [1.29, 1.82) is 0 Å². The number of aromatic nitrogens is 4. The van der Waals surface area contributed by atoms with Crippen molar-refractivity contribution in [1.82, 2.24) is 19.1 Å². The number of H-pyrrole nitrogens is 1. The normalized spacial score (nSPS) is 11.7. The maximum Gasteiger partial charge on any atom is 0.329 e. The van der Waals surface area contributed by atoms with E-state index in [1.165, 1.54) is 43.1 Å². The van der Waals surface area contributed by atoms with Crippen molar-refractivity contribution in [3.8, 4) is 0 Å². The van der Waals surface area contributed by atoms with E-state index in [0.29, 0.717) is 17.1 Å². The van der Waals surface area contributed by atoms with E-state index in [1.54, 1.807) is 18.8 Å². The third kappa shape index (κ3) is 5.99. The lowest BCUT2D eigenvalue weighted by Crippen LogP contribution is -2.29. The van der Waals surface area contributed by atoms with E-state index in [4.69, 9.17) is 0 Å². The van der Waals surface area contributed by atoms with Crippen LogP contribution in [-0.2, 0) is 13.6 Å². The van der Waals surface area contributed by atoms with Gasteiger partial charge in [0.2, 0.25) is 0 Å². The molecule has 0 spiro atoms. The third-order valence-electron chi connectivity index (χ3n) is 4.75. The van der Waals surface area contributed by atoms with E-state index < -0.39 is 5.69 Å². The van der Waals surface area contributed by atoms with Gasteiger partial charge in [-0.2, -0.15) is 0 Å². The van der Waals surface area contributed by atoms with Gasteiger partial charge in [-0.15, -0.1) is 0 Å². The number of nitrogens with zero attached hydrogens (tertiary/aromatic N) is 3. The summed E-state index contributed by atoms with van der Waals surface area (Å²) in [5.74, 6) is 1.47. The molecule has 2 heterocycles. The molecule has 0 bridgehead atoms. The van der Waals surface area contributed by atoms with E-state index in [-0.39, 0.29) is 5.56 Å². The van der Waals surface area contributed by atoms with Crippen molar-refractivity contribution < 1.29 is 0 Å². The van der Waals surface area contributed by atoms with Crippen LogP contribution in [-0.4, -0.2) is 24.9 Å². The molecule has 0 aliphatic carbocycles. The minimum atomic E-state index is -0.412. The van der Waals surface area contributed by atoms with Gasteiger partial charge in [-0.1, -0.05) is 77.5 Å². The first-order valence-electron chi connectivity index (χ1n) is 10.3. The average molecular weight is 395 g/mol. The Hall–Kier alpha value is -1.50. The molecule has 0 radical (unpaired) electrons. The van der Waals surface area contributed by atoms with Crippen molar-refractivity contribution in [3.05, 3.63) is 20.8 Å². The Morgan fingerprint density at radius 1 is 1.04 bits per heavy atom. The first kappa shape index (κ1) is 21.8. The predicted octanol–water partition coefficient (Wildman–Crippen LogP) is 4.31. The van der Waals surface area contributed by atoms with E-state index in [2.05, 4.69) is 30.7 Å². The van der Waals surface area contributed by atoms with Gasteiger partial charge in [0, 0.05) is 19.3 Å². The van der Waals surface area contributed by atoms with Crippen LogP contribution in [0.3, 0.4) is 0 Å². The number of unbranched alkanes of at least 4 members (excludes halogenated alkanes) is 7. The zero-order valence-corrected chi connectivity index (χ0v) is 18.0. The highest BCUT2D eigenvalue weighted by molar-refractivity contribution is 7.99. The van der Waals surface area contributed by atoms with Crippen molar-refractivity contribution in [2.75, 3.05) is 5.75 Å². The monoisotopic (exact) mass is 394 g/mol. The quantitative estimate of drug-likeness (QED) is 0.430. The second-order valence-corrected chi connectivity index (χ2v) is 8.70. The van der Waals surface area contributed by atoms with Gasteiger partial charge < -0.3 is 4.57 Å². The summed E-state index contributed by atoms with van der Waals surface area (Å²) in [5, 5.41) is 0.841. The van der Waals surface area contributed by atoms with Crippen LogP contribution >= 0.6 is 11.8 Å². The highest BCUT2D eigenvalue weighted by atomic mass is 32.2. The number of hydrogen-bond donors (Lipinski definition) is 1. The Balaban J connectivity index is 2.10. The molecule has 2 rings (SSSR count). The van der Waals surface area contributed by atoms with E-state index in [9.17, 15) is 9.59 Å². The van der Waals surface area contributed by atoms with E-state index >= 15 is 0 Å². The average Bonchev–Trinajstić information content (AvgIpc) is 2.99. The molecule has 0 saturated carbocycles. The molecular formula is C20H34N4O2S. The molecule has 0 unspecified atom stereocenters. The van der Waals surface area contributed by atoms with Gasteiger partial charge in [0.05, 0.1) is 0 Å². The van der Waals surface area contributed by atoms with Crippen molar-refractivity contribution in [2.45, 2.75) is 83.8 Å². The van der Waals surface area contributed by atoms with Crippen molar-refractivity contribution >= 4 is 22.9 Å². The van der Waals surface area contributed by atoms with Gasteiger partial charge in [0.1, 0.15) is 0 Å². The molecular weight excluding hydrogens is 360 g/mol. The Kier molecular flexibility index (Phi) is 8.67. The summed E-state index contributed by atoms with van der Waals surface area (Å²) in [7, 11) is 1.66. The van der Waals surface area contributed by atoms with Crippen LogP contribution in [0.1, 0.15) is 72.1 Å². The smallest absolute Gasteiger partial charge is 0.313 e. The maximum atomic E-state index is 12.4. The fourth-order valence-electron chi connectivity index (χ4n) is 3.18. The number of hydrogen-bond acceptors (Lipinski definition) is 4. The number of imidazole rings is 1. The van der Waals surface area contributed by atoms with Crippen LogP contribution in [0.4, 0.5) is 0 Å². The van der Waals surface area contributed by atoms with Gasteiger partial charge >= 0.3 is 5.69 Å². The Labute approximate surface area is 165 Å². The van der Waals surface area contributed by atoms with Crippen LogP contribution in [0.5, 0.6) is 0 Å². The van der Waals surface area contributed by atoms with Crippen molar-refractivity contribution in [2.24, 2.45) is 13.0 Å². The zero-order chi connectivity index (χ0) is 19.8. The van der Waals surface area contributed by atoms with Gasteiger partial charge in [-0.25, -0.2) is 9.78 Å². The van der Waals surface area contributed by atoms with E-state index in [1.807, 2.05) is 4.57 Å². The second-order valence-electron chi connectivity index (χ2n) is 7.72. The molecule has 2 aromatic rings. The lowest BCUT2D eigenvalue weighted by Gasteiger charge is -2.09. The molecule has 0 aliphatic heterocycles. The number of rotatable bonds is 12. The van der Waals surface area contributed by atoms with Gasteiger partial charge in [-0.3, -0.25) is 14.3 Å². The summed E-state index contributed by atoms with van der Waals surface area (Å²) in [6, 6.07) is 0. The number of aryl methyl sites for hydroxylation is 2. The molecule has 27 heavy (non-hydrogen) atoms. The first-order chi connectivity index (χ1) is 13.0. The molecule has 0 saturated heterocycles. The molecule has 152 valence electrons. The molecule has 0 atom stereocenters. The Bertz CT molecular complexity index is 835. The number of nitrogens with one attached hydrogen (secondary N) is 1. The summed E-state index contributed by atoms with van der Waals surface area (Å²) in [6.45, 7) is 7.34. The van der Waals surface area contributed by atoms with Crippen LogP contribution in [0.2, 0.25) is 0 Å². The highest BCUT2D eigenvalue weighted by Crippen LogP contribution is 2.24. The predicted molar refractivity (Wildman–Crippen MR) is 114 cm³/mol. The Morgan fingerprint density at radius 3 is 2.30 bits per heavy atom. The summed E-state index contributed by atoms with van der Waals surface area (Å²) in [4.78, 5) is 31.4. The maximum absolute atomic E-state index is 12.4. The van der Waals surface area contributed by atoms with Crippen LogP contribution in [0.15, 0.2) is 14.7 Å². The number of thioether (sulfide) groups is 1. The minimum absolute atomic E-state index is 0.337. The SMILES string of the molecule is CCCCCCCCCCn1c(SCC(C)C)nc2c1c(=O)[nH]c(=O)n2C. The zero-order valence-electron chi connectivity index (χ0n) is 17.2. The molecule has 0 aliphatic rings. The summed E-state index contributed by atoms with van der Waals surface area (Å²) in [6.07, 6.45) is 9.97. The summed E-state index contributed by atoms with van der Waals surface area (Å²) in [5.41, 5.74) is 0.252. The Morgan fingerprint density at radius 2 is 1.67 bits per heavy atom. The minimum Gasteiger partial charge on any atom is -0.313 e.